The fourth-order valence-electron chi connectivity index (χ4n) is 3.38. The number of rotatable bonds is 3. The smallest absolute Gasteiger partial charge is 0.417 e. The summed E-state index contributed by atoms with van der Waals surface area (Å²) in [6.45, 7) is 1.66. The van der Waals surface area contributed by atoms with E-state index in [1.165, 1.54) is 4.90 Å². The van der Waals surface area contributed by atoms with Gasteiger partial charge in [-0.2, -0.15) is 0 Å². The van der Waals surface area contributed by atoms with E-state index >= 15 is 0 Å². The highest BCUT2D eigenvalue weighted by Crippen LogP contribution is 2.34. The van der Waals surface area contributed by atoms with Crippen LogP contribution in [0.25, 0.3) is 0 Å². The van der Waals surface area contributed by atoms with Crippen LogP contribution >= 0.6 is 0 Å². The monoisotopic (exact) mass is 303 g/mol. The molecule has 4 atom stereocenters. The Balaban J connectivity index is 1.76. The van der Waals surface area contributed by atoms with Gasteiger partial charge in [-0.15, -0.1) is 0 Å². The van der Waals surface area contributed by atoms with Crippen LogP contribution < -0.4 is 0 Å². The van der Waals surface area contributed by atoms with Crippen molar-refractivity contribution in [3.05, 3.63) is 35.9 Å². The second kappa shape index (κ2) is 6.08. The molecule has 0 unspecified atom stereocenters. The minimum absolute atomic E-state index is 0.167. The number of fused-ring (bicyclic) bond motifs is 1. The fraction of sp³-hybridized carbons (Fsp3) is 0.529. The lowest BCUT2D eigenvalue weighted by Gasteiger charge is -2.29. The lowest BCUT2D eigenvalue weighted by atomic mass is 9.90. The van der Waals surface area contributed by atoms with Crippen LogP contribution in [0.5, 0.6) is 0 Å². The zero-order valence-corrected chi connectivity index (χ0v) is 12.6. The first-order chi connectivity index (χ1) is 10.6. The van der Waals surface area contributed by atoms with Gasteiger partial charge < -0.3 is 9.84 Å². The molecule has 118 valence electrons. The predicted molar refractivity (Wildman–Crippen MR) is 79.9 cm³/mol. The van der Waals surface area contributed by atoms with Crippen molar-refractivity contribution in [3.63, 3.8) is 0 Å². The van der Waals surface area contributed by atoms with Crippen LogP contribution in [-0.2, 0) is 9.53 Å². The van der Waals surface area contributed by atoms with Crippen LogP contribution in [0.2, 0.25) is 0 Å². The largest absolute Gasteiger partial charge is 0.444 e. The van der Waals surface area contributed by atoms with Gasteiger partial charge in [0.05, 0.1) is 18.1 Å². The molecule has 5 nitrogen and oxygen atoms in total. The van der Waals surface area contributed by atoms with Crippen molar-refractivity contribution in [3.8, 4) is 0 Å². The van der Waals surface area contributed by atoms with Crippen LogP contribution in [0, 0.1) is 5.92 Å². The number of ether oxygens (including phenoxy) is 1. The Hall–Kier alpha value is -1.88. The summed E-state index contributed by atoms with van der Waals surface area (Å²) in [5.74, 6) is -1.04. The number of nitrogens with zero attached hydrogens (tertiary/aromatic N) is 1. The van der Waals surface area contributed by atoms with E-state index in [9.17, 15) is 14.7 Å². The molecule has 1 saturated carbocycles. The Labute approximate surface area is 129 Å². The van der Waals surface area contributed by atoms with Crippen LogP contribution in [0.4, 0.5) is 4.79 Å². The van der Waals surface area contributed by atoms with Crippen LogP contribution in [0.1, 0.15) is 44.3 Å². The summed E-state index contributed by atoms with van der Waals surface area (Å²) in [4.78, 5) is 26.0. The number of hydrogen-bond acceptors (Lipinski definition) is 4. The molecule has 2 fully saturated rings. The summed E-state index contributed by atoms with van der Waals surface area (Å²) in [6.07, 6.45) is 1.96. The van der Waals surface area contributed by atoms with Gasteiger partial charge in [0.15, 0.2) is 0 Å². The SMILES string of the molecule is C[C@H](C(=O)N1C(=O)O[C@@H]2CCCC[C@@H]21)[C@H](O)c1ccccc1. The molecule has 5 heteroatoms. The van der Waals surface area contributed by atoms with E-state index in [4.69, 9.17) is 4.74 Å². The van der Waals surface area contributed by atoms with Crippen LogP contribution in [0.3, 0.4) is 0 Å². The summed E-state index contributed by atoms with van der Waals surface area (Å²) in [5.41, 5.74) is 0.677. The van der Waals surface area contributed by atoms with Crippen LogP contribution in [-0.4, -0.2) is 34.2 Å². The van der Waals surface area contributed by atoms with Crippen molar-refractivity contribution in [2.75, 3.05) is 0 Å². The van der Waals surface area contributed by atoms with Gasteiger partial charge in [-0.05, 0) is 24.8 Å². The highest BCUT2D eigenvalue weighted by Gasteiger charge is 2.47. The van der Waals surface area contributed by atoms with Gasteiger partial charge in [0, 0.05) is 0 Å². The molecule has 1 aromatic rings. The van der Waals surface area contributed by atoms with Crippen molar-refractivity contribution in [2.24, 2.45) is 5.92 Å². The quantitative estimate of drug-likeness (QED) is 0.932. The summed E-state index contributed by atoms with van der Waals surface area (Å²) < 4.78 is 5.32. The van der Waals surface area contributed by atoms with E-state index in [0.29, 0.717) is 5.56 Å². The minimum Gasteiger partial charge on any atom is -0.444 e. The lowest BCUT2D eigenvalue weighted by Crippen LogP contribution is -2.45. The summed E-state index contributed by atoms with van der Waals surface area (Å²) in [7, 11) is 0. The van der Waals surface area contributed by atoms with Crippen molar-refractivity contribution in [1.82, 2.24) is 4.90 Å². The Morgan fingerprint density at radius 1 is 1.27 bits per heavy atom. The van der Waals surface area contributed by atoms with Gasteiger partial charge in [-0.3, -0.25) is 4.79 Å². The van der Waals surface area contributed by atoms with E-state index in [2.05, 4.69) is 0 Å². The third-order valence-electron chi connectivity index (χ3n) is 4.69. The zero-order chi connectivity index (χ0) is 15.7. The highest BCUT2D eigenvalue weighted by atomic mass is 16.6. The second-order valence-electron chi connectivity index (χ2n) is 6.13. The average Bonchev–Trinajstić information content (AvgIpc) is 2.89. The molecule has 0 aromatic heterocycles. The maximum Gasteiger partial charge on any atom is 0.417 e. The van der Waals surface area contributed by atoms with Gasteiger partial charge in [0.25, 0.3) is 0 Å². The Morgan fingerprint density at radius 3 is 2.68 bits per heavy atom. The van der Waals surface area contributed by atoms with Crippen LogP contribution in [0.15, 0.2) is 30.3 Å². The van der Waals surface area contributed by atoms with Crippen molar-refractivity contribution in [1.29, 1.82) is 0 Å². The van der Waals surface area contributed by atoms with Gasteiger partial charge in [0.2, 0.25) is 5.91 Å². The third kappa shape index (κ3) is 2.61. The molecule has 22 heavy (non-hydrogen) atoms. The topological polar surface area (TPSA) is 66.8 Å². The first-order valence-corrected chi connectivity index (χ1v) is 7.86. The van der Waals surface area contributed by atoms with E-state index in [1.54, 1.807) is 19.1 Å². The van der Waals surface area contributed by atoms with E-state index in [0.717, 1.165) is 25.7 Å². The number of imide groups is 1. The van der Waals surface area contributed by atoms with Crippen molar-refractivity contribution >= 4 is 12.0 Å². The summed E-state index contributed by atoms with van der Waals surface area (Å²) in [5, 5.41) is 10.4. The number of amides is 2. The Morgan fingerprint density at radius 2 is 1.95 bits per heavy atom. The van der Waals surface area contributed by atoms with E-state index in [1.807, 2.05) is 18.2 Å². The second-order valence-corrected chi connectivity index (χ2v) is 6.13. The molecule has 0 bridgehead atoms. The zero-order valence-electron chi connectivity index (χ0n) is 12.6. The Kier molecular flexibility index (Phi) is 4.16. The van der Waals surface area contributed by atoms with E-state index < -0.39 is 18.1 Å². The molecule has 1 aromatic carbocycles. The fourth-order valence-corrected chi connectivity index (χ4v) is 3.38. The molecule has 1 N–H and O–H groups in total. The number of carbonyl (C=O) groups excluding carboxylic acids is 2. The summed E-state index contributed by atoms with van der Waals surface area (Å²) >= 11 is 0. The van der Waals surface area contributed by atoms with Gasteiger partial charge in [-0.25, -0.2) is 9.69 Å². The lowest BCUT2D eigenvalue weighted by molar-refractivity contribution is -0.137. The number of benzene rings is 1. The molecular weight excluding hydrogens is 282 g/mol. The molecular formula is C17H21NO4. The molecule has 1 aliphatic carbocycles. The first kappa shape index (κ1) is 15.0. The van der Waals surface area contributed by atoms with Crippen molar-refractivity contribution in [2.45, 2.75) is 50.9 Å². The Bertz CT molecular complexity index is 559. The number of hydrogen-bond donors (Lipinski definition) is 1. The standard InChI is InChI=1S/C17H21NO4/c1-11(15(19)12-7-3-2-4-8-12)16(20)18-13-9-5-6-10-14(13)22-17(18)21/h2-4,7-8,11,13-15,19H,5-6,9-10H2,1H3/t11-,13-,14+,15-/m0/s1. The normalized spacial score (nSPS) is 27.0. The highest BCUT2D eigenvalue weighted by molar-refractivity contribution is 5.95. The molecule has 1 saturated heterocycles. The van der Waals surface area contributed by atoms with Gasteiger partial charge >= 0.3 is 6.09 Å². The molecule has 2 aliphatic rings. The van der Waals surface area contributed by atoms with Gasteiger partial charge in [-0.1, -0.05) is 43.7 Å². The number of aliphatic hydroxyl groups excluding tert-OH is 1. The third-order valence-corrected chi connectivity index (χ3v) is 4.69. The molecule has 0 spiro atoms. The first-order valence-electron chi connectivity index (χ1n) is 7.86. The molecule has 1 aliphatic heterocycles. The minimum atomic E-state index is -0.927. The predicted octanol–water partition coefficient (Wildman–Crippen LogP) is 2.65. The number of carbonyl (C=O) groups is 2. The van der Waals surface area contributed by atoms with Crippen molar-refractivity contribution < 1.29 is 19.4 Å². The van der Waals surface area contributed by atoms with E-state index in [-0.39, 0.29) is 18.1 Å². The molecule has 3 rings (SSSR count). The number of aliphatic hydroxyl groups is 1. The molecule has 2 amide bonds. The van der Waals surface area contributed by atoms with Gasteiger partial charge in [0.1, 0.15) is 6.10 Å². The molecule has 1 heterocycles. The maximum atomic E-state index is 12.7. The average molecular weight is 303 g/mol. The maximum absolute atomic E-state index is 12.7. The summed E-state index contributed by atoms with van der Waals surface area (Å²) in [6, 6.07) is 8.88. The molecule has 0 radical (unpaired) electrons.